The fourth-order valence-corrected chi connectivity index (χ4v) is 2.33. The van der Waals surface area contributed by atoms with Crippen molar-refractivity contribution in [1.29, 1.82) is 0 Å². The highest BCUT2D eigenvalue weighted by Crippen LogP contribution is 2.23. The maximum atomic E-state index is 13.7. The topological polar surface area (TPSA) is 72.2 Å². The Morgan fingerprint density at radius 1 is 1.26 bits per heavy atom. The summed E-state index contributed by atoms with van der Waals surface area (Å²) in [6.07, 6.45) is 1.98. The summed E-state index contributed by atoms with van der Waals surface area (Å²) in [6, 6.07) is 4.47. The van der Waals surface area contributed by atoms with E-state index >= 15 is 0 Å². The van der Waals surface area contributed by atoms with E-state index in [0.717, 1.165) is 24.5 Å². The van der Waals surface area contributed by atoms with Gasteiger partial charge in [-0.25, -0.2) is 18.6 Å². The molecule has 2 heterocycles. The van der Waals surface area contributed by atoms with Crippen LogP contribution in [0.1, 0.15) is 10.4 Å². The van der Waals surface area contributed by atoms with E-state index in [2.05, 4.69) is 4.98 Å². The number of nitrogens with zero attached hydrogens (tertiary/aromatic N) is 2. The van der Waals surface area contributed by atoms with E-state index in [1.807, 2.05) is 0 Å². The molecule has 0 bridgehead atoms. The van der Waals surface area contributed by atoms with E-state index in [1.165, 1.54) is 16.7 Å². The van der Waals surface area contributed by atoms with Crippen molar-refractivity contribution < 1.29 is 18.7 Å². The van der Waals surface area contributed by atoms with E-state index in [4.69, 9.17) is 16.7 Å². The molecule has 0 unspecified atom stereocenters. The Morgan fingerprint density at radius 3 is 2.61 bits per heavy atom. The third-order valence-electron chi connectivity index (χ3n) is 3.23. The van der Waals surface area contributed by atoms with Crippen molar-refractivity contribution in [1.82, 2.24) is 9.55 Å². The normalized spacial score (nSPS) is 10.9. The summed E-state index contributed by atoms with van der Waals surface area (Å²) in [4.78, 5) is 27.3. The van der Waals surface area contributed by atoms with Gasteiger partial charge < -0.3 is 9.67 Å². The lowest BCUT2D eigenvalue weighted by molar-refractivity contribution is 0.0695. The van der Waals surface area contributed by atoms with Gasteiger partial charge in [-0.15, -0.1) is 0 Å². The Balaban J connectivity index is 2.46. The molecule has 0 saturated carbocycles. The maximum Gasteiger partial charge on any atom is 0.341 e. The average Bonchev–Trinajstić information content (AvgIpc) is 2.50. The highest BCUT2D eigenvalue weighted by Gasteiger charge is 2.17. The van der Waals surface area contributed by atoms with Gasteiger partial charge in [0.1, 0.15) is 23.0 Å². The van der Waals surface area contributed by atoms with Crippen molar-refractivity contribution in [3.8, 4) is 5.82 Å². The van der Waals surface area contributed by atoms with E-state index in [9.17, 15) is 18.4 Å². The monoisotopic (exact) mass is 336 g/mol. The van der Waals surface area contributed by atoms with E-state index in [1.54, 1.807) is 0 Å². The van der Waals surface area contributed by atoms with Crippen molar-refractivity contribution in [2.45, 2.75) is 0 Å². The first-order chi connectivity index (χ1) is 10.9. The van der Waals surface area contributed by atoms with Crippen LogP contribution in [0.2, 0.25) is 5.02 Å². The molecule has 3 rings (SSSR count). The molecule has 2 aromatic heterocycles. The molecule has 0 aliphatic heterocycles. The molecule has 0 fully saturated rings. The van der Waals surface area contributed by atoms with Crippen molar-refractivity contribution in [3.63, 3.8) is 0 Å². The van der Waals surface area contributed by atoms with Crippen LogP contribution in [-0.4, -0.2) is 20.6 Å². The lowest BCUT2D eigenvalue weighted by atomic mass is 10.1. The average molecular weight is 337 g/mol. The minimum atomic E-state index is -1.47. The number of fused-ring (bicyclic) bond motifs is 1. The fraction of sp³-hybridized carbons (Fsp3) is 0. The number of pyridine rings is 2. The first-order valence-corrected chi connectivity index (χ1v) is 6.66. The maximum absolute atomic E-state index is 13.7. The summed E-state index contributed by atoms with van der Waals surface area (Å²) in [7, 11) is 0. The van der Waals surface area contributed by atoms with Crippen molar-refractivity contribution in [3.05, 3.63) is 69.1 Å². The molecule has 0 spiro atoms. The molecule has 0 radical (unpaired) electrons. The van der Waals surface area contributed by atoms with Gasteiger partial charge in [0.15, 0.2) is 0 Å². The molecule has 3 aromatic rings. The molecule has 116 valence electrons. The summed E-state index contributed by atoms with van der Waals surface area (Å²) in [6.45, 7) is 0. The zero-order chi connectivity index (χ0) is 16.7. The van der Waals surface area contributed by atoms with Gasteiger partial charge in [0, 0.05) is 11.6 Å². The number of carboxylic acid groups (broad SMARTS) is 1. The molecule has 8 heteroatoms. The Hall–Kier alpha value is -2.80. The zero-order valence-corrected chi connectivity index (χ0v) is 12.0. The first-order valence-electron chi connectivity index (χ1n) is 6.28. The second-order valence-corrected chi connectivity index (χ2v) is 5.07. The Bertz CT molecular complexity index is 1000. The van der Waals surface area contributed by atoms with Crippen LogP contribution in [0.25, 0.3) is 16.7 Å². The third kappa shape index (κ3) is 2.55. The standard InChI is InChI=1S/C15H7ClF2N2O3/c16-10-4-12-8(3-11(10)18)14(21)9(15(22)23)6-20(12)13-2-1-7(17)5-19-13/h1-6H,(H,22,23). The minimum absolute atomic E-state index is 0.154. The van der Waals surface area contributed by atoms with Crippen molar-refractivity contribution >= 4 is 28.5 Å². The summed E-state index contributed by atoms with van der Waals surface area (Å²) >= 11 is 5.74. The second-order valence-electron chi connectivity index (χ2n) is 4.67. The van der Waals surface area contributed by atoms with Gasteiger partial charge in [-0.2, -0.15) is 0 Å². The molecule has 0 aliphatic carbocycles. The highest BCUT2D eigenvalue weighted by molar-refractivity contribution is 6.31. The van der Waals surface area contributed by atoms with E-state index < -0.39 is 28.6 Å². The summed E-state index contributed by atoms with van der Waals surface area (Å²) < 4.78 is 27.9. The predicted octanol–water partition coefficient (Wildman–Crippen LogP) is 3.02. The molecule has 0 atom stereocenters. The highest BCUT2D eigenvalue weighted by atomic mass is 35.5. The number of carboxylic acids is 1. The SMILES string of the molecule is O=C(O)c1cn(-c2ccc(F)cn2)c2cc(Cl)c(F)cc2c1=O. The number of carbonyl (C=O) groups is 1. The van der Waals surface area contributed by atoms with Crippen LogP contribution in [0.4, 0.5) is 8.78 Å². The molecule has 5 nitrogen and oxygen atoms in total. The summed E-state index contributed by atoms with van der Waals surface area (Å²) in [5.74, 6) is -2.75. The number of aromatic nitrogens is 2. The van der Waals surface area contributed by atoms with Crippen LogP contribution in [0.15, 0.2) is 41.5 Å². The number of hydrogen-bond acceptors (Lipinski definition) is 3. The molecular formula is C15H7ClF2N2O3. The summed E-state index contributed by atoms with van der Waals surface area (Å²) in [5.41, 5.74) is -1.25. The van der Waals surface area contributed by atoms with Gasteiger partial charge in [-0.3, -0.25) is 4.79 Å². The molecule has 1 N–H and O–H groups in total. The van der Waals surface area contributed by atoms with Gasteiger partial charge in [0.25, 0.3) is 0 Å². The van der Waals surface area contributed by atoms with E-state index in [0.29, 0.717) is 0 Å². The molecule has 0 amide bonds. The number of aromatic carboxylic acids is 1. The van der Waals surface area contributed by atoms with Crippen LogP contribution >= 0.6 is 11.6 Å². The molecule has 0 aliphatic rings. The number of halogens is 3. The lowest BCUT2D eigenvalue weighted by Gasteiger charge is -2.12. The Kier molecular flexibility index (Phi) is 3.57. The molecular weight excluding hydrogens is 330 g/mol. The summed E-state index contributed by atoms with van der Waals surface area (Å²) in [5, 5.41) is 8.74. The number of hydrogen-bond donors (Lipinski definition) is 1. The molecule has 23 heavy (non-hydrogen) atoms. The molecule has 1 aromatic carbocycles. The zero-order valence-electron chi connectivity index (χ0n) is 11.3. The fourth-order valence-electron chi connectivity index (χ4n) is 2.17. The lowest BCUT2D eigenvalue weighted by Crippen LogP contribution is -2.19. The number of rotatable bonds is 2. The van der Waals surface area contributed by atoms with Gasteiger partial charge >= 0.3 is 5.97 Å². The van der Waals surface area contributed by atoms with Gasteiger partial charge in [0.2, 0.25) is 5.43 Å². The number of benzene rings is 1. The van der Waals surface area contributed by atoms with Crippen LogP contribution in [0, 0.1) is 11.6 Å². The smallest absolute Gasteiger partial charge is 0.341 e. The van der Waals surface area contributed by atoms with E-state index in [-0.39, 0.29) is 21.7 Å². The third-order valence-corrected chi connectivity index (χ3v) is 3.52. The van der Waals surface area contributed by atoms with Gasteiger partial charge in [0.05, 0.1) is 16.7 Å². The Labute approximate surface area is 132 Å². The largest absolute Gasteiger partial charge is 0.477 e. The van der Waals surface area contributed by atoms with Crippen LogP contribution in [0.5, 0.6) is 0 Å². The second kappa shape index (κ2) is 5.44. The quantitative estimate of drug-likeness (QED) is 0.780. The van der Waals surface area contributed by atoms with Crippen molar-refractivity contribution in [2.75, 3.05) is 0 Å². The molecule has 0 saturated heterocycles. The van der Waals surface area contributed by atoms with Crippen molar-refractivity contribution in [2.24, 2.45) is 0 Å². The predicted molar refractivity (Wildman–Crippen MR) is 79.2 cm³/mol. The van der Waals surface area contributed by atoms with Crippen LogP contribution < -0.4 is 5.43 Å². The van der Waals surface area contributed by atoms with Crippen LogP contribution in [0.3, 0.4) is 0 Å². The minimum Gasteiger partial charge on any atom is -0.477 e. The van der Waals surface area contributed by atoms with Gasteiger partial charge in [-0.05, 0) is 24.3 Å². The Morgan fingerprint density at radius 2 is 2.00 bits per heavy atom. The first kappa shape index (κ1) is 15.1. The van der Waals surface area contributed by atoms with Gasteiger partial charge in [-0.1, -0.05) is 11.6 Å². The van der Waals surface area contributed by atoms with Crippen LogP contribution in [-0.2, 0) is 0 Å².